The third kappa shape index (κ3) is 5.72. The van der Waals surface area contributed by atoms with Crippen LogP contribution in [0.15, 0.2) is 30.5 Å². The zero-order valence-corrected chi connectivity index (χ0v) is 13.6. The summed E-state index contributed by atoms with van der Waals surface area (Å²) < 4.78 is 6.19. The Morgan fingerprint density at radius 1 is 1.20 bits per heavy atom. The van der Waals surface area contributed by atoms with Gasteiger partial charge in [0.2, 0.25) is 5.91 Å². The van der Waals surface area contributed by atoms with Crippen molar-refractivity contribution in [3.8, 4) is 5.75 Å². The van der Waals surface area contributed by atoms with Gasteiger partial charge in [-0.25, -0.2) is 4.68 Å². The molecule has 2 aromatic rings. The Labute approximate surface area is 143 Å². The van der Waals surface area contributed by atoms with Crippen LogP contribution in [0.1, 0.15) is 28.9 Å². The monoisotopic (exact) mass is 346 g/mol. The van der Waals surface area contributed by atoms with Gasteiger partial charge in [0.1, 0.15) is 18.0 Å². The number of carboxylic acid groups (broad SMARTS) is 1. The molecule has 1 aromatic carbocycles. The molecule has 0 radical (unpaired) electrons. The Hall–Kier alpha value is -3.23. The number of carboxylic acids is 1. The van der Waals surface area contributed by atoms with Crippen LogP contribution in [0.2, 0.25) is 0 Å². The van der Waals surface area contributed by atoms with Crippen LogP contribution < -0.4 is 10.1 Å². The first-order valence-corrected chi connectivity index (χ1v) is 7.52. The Balaban J connectivity index is 1.75. The number of carbonyl (C=O) groups is 3. The summed E-state index contributed by atoms with van der Waals surface area (Å²) in [5.74, 6) is -0.803. The van der Waals surface area contributed by atoms with E-state index in [2.05, 4.69) is 15.6 Å². The highest BCUT2D eigenvalue weighted by molar-refractivity contribution is 5.98. The van der Waals surface area contributed by atoms with Crippen molar-refractivity contribution < 1.29 is 24.2 Å². The first-order valence-electron chi connectivity index (χ1n) is 7.52. The molecule has 0 fully saturated rings. The molecule has 0 saturated heterocycles. The van der Waals surface area contributed by atoms with Crippen LogP contribution in [-0.4, -0.2) is 44.9 Å². The molecule has 0 aliphatic rings. The van der Waals surface area contributed by atoms with Crippen LogP contribution in [0.5, 0.6) is 5.75 Å². The van der Waals surface area contributed by atoms with Crippen LogP contribution in [0.25, 0.3) is 0 Å². The maximum atomic E-state index is 12.0. The van der Waals surface area contributed by atoms with E-state index in [0.29, 0.717) is 17.0 Å². The van der Waals surface area contributed by atoms with Gasteiger partial charge in [-0.1, -0.05) is 5.21 Å². The molecule has 25 heavy (non-hydrogen) atoms. The lowest BCUT2D eigenvalue weighted by Crippen LogP contribution is -2.23. The molecule has 0 unspecified atom stereocenters. The molecule has 9 heteroatoms. The number of rotatable bonds is 9. The van der Waals surface area contributed by atoms with Gasteiger partial charge in [0.25, 0.3) is 0 Å². The molecular formula is C16H18N4O5. The summed E-state index contributed by atoms with van der Waals surface area (Å²) in [7, 11) is 1.54. The van der Waals surface area contributed by atoms with Gasteiger partial charge in [0.15, 0.2) is 5.78 Å². The molecule has 1 heterocycles. The van der Waals surface area contributed by atoms with Crippen molar-refractivity contribution in [1.29, 1.82) is 0 Å². The topological polar surface area (TPSA) is 123 Å². The minimum Gasteiger partial charge on any atom is -0.497 e. The number of Topliss-reactive ketones (excluding diaryl/α,β-unsaturated/α-hetero) is 1. The van der Waals surface area contributed by atoms with Gasteiger partial charge >= 0.3 is 5.97 Å². The largest absolute Gasteiger partial charge is 0.497 e. The highest BCUT2D eigenvalue weighted by atomic mass is 16.5. The second-order valence-corrected chi connectivity index (χ2v) is 5.23. The van der Waals surface area contributed by atoms with Crippen molar-refractivity contribution in [3.63, 3.8) is 0 Å². The maximum absolute atomic E-state index is 12.0. The van der Waals surface area contributed by atoms with Crippen LogP contribution in [-0.2, 0) is 22.7 Å². The summed E-state index contributed by atoms with van der Waals surface area (Å²) in [6.07, 6.45) is 1.58. The third-order valence-corrected chi connectivity index (χ3v) is 3.34. The molecule has 0 bridgehead atoms. The van der Waals surface area contributed by atoms with Gasteiger partial charge in [0.05, 0.1) is 19.9 Å². The zero-order valence-electron chi connectivity index (χ0n) is 13.6. The molecule has 2 N–H and O–H groups in total. The fourth-order valence-electron chi connectivity index (χ4n) is 2.06. The standard InChI is InChI=1S/C16H18N4O5/c1-25-13-4-2-11(3-5-13)14(21)6-7-15(22)17-8-12-9-20(19-18-12)10-16(23)24/h2-5,9H,6-8,10H2,1H3,(H,17,22)(H,23,24). The number of methoxy groups -OCH3 is 1. The fraction of sp³-hybridized carbons (Fsp3) is 0.312. The summed E-state index contributed by atoms with van der Waals surface area (Å²) in [5, 5.41) is 18.6. The van der Waals surface area contributed by atoms with Gasteiger partial charge in [-0.2, -0.15) is 0 Å². The summed E-state index contributed by atoms with van der Waals surface area (Å²) in [6.45, 7) is -0.174. The number of aromatic nitrogens is 3. The van der Waals surface area contributed by atoms with Crippen LogP contribution in [0, 0.1) is 0 Å². The second-order valence-electron chi connectivity index (χ2n) is 5.23. The number of nitrogens with one attached hydrogen (secondary N) is 1. The minimum absolute atomic E-state index is 0.0497. The lowest BCUT2D eigenvalue weighted by molar-refractivity contribution is -0.138. The van der Waals surface area contributed by atoms with E-state index in [1.807, 2.05) is 0 Å². The van der Waals surface area contributed by atoms with E-state index in [1.54, 1.807) is 31.4 Å². The number of nitrogens with zero attached hydrogens (tertiary/aromatic N) is 3. The van der Waals surface area contributed by atoms with E-state index >= 15 is 0 Å². The lowest BCUT2D eigenvalue weighted by atomic mass is 10.1. The van der Waals surface area contributed by atoms with Gasteiger partial charge in [-0.05, 0) is 24.3 Å². The van der Waals surface area contributed by atoms with E-state index in [9.17, 15) is 14.4 Å². The van der Waals surface area contributed by atoms with Crippen LogP contribution in [0.4, 0.5) is 0 Å². The predicted molar refractivity (Wildman–Crippen MR) is 86.1 cm³/mol. The Morgan fingerprint density at radius 2 is 1.92 bits per heavy atom. The molecule has 0 atom stereocenters. The second kappa shape index (κ2) is 8.57. The predicted octanol–water partition coefficient (Wildman–Crippen LogP) is 0.651. The normalized spacial score (nSPS) is 10.3. The molecule has 9 nitrogen and oxygen atoms in total. The van der Waals surface area contributed by atoms with Crippen LogP contribution in [0.3, 0.4) is 0 Å². The molecule has 0 aliphatic heterocycles. The molecular weight excluding hydrogens is 328 g/mol. The van der Waals surface area contributed by atoms with Crippen molar-refractivity contribution >= 4 is 17.7 Å². The SMILES string of the molecule is COc1ccc(C(=O)CCC(=O)NCc2cn(CC(=O)O)nn2)cc1. The van der Waals surface area contributed by atoms with E-state index < -0.39 is 5.97 Å². The Bertz CT molecular complexity index is 754. The zero-order chi connectivity index (χ0) is 18.2. The first-order chi connectivity index (χ1) is 12.0. The van der Waals surface area contributed by atoms with Crippen molar-refractivity contribution in [2.45, 2.75) is 25.9 Å². The average Bonchev–Trinajstić information content (AvgIpc) is 3.04. The van der Waals surface area contributed by atoms with Crippen molar-refractivity contribution in [1.82, 2.24) is 20.3 Å². The number of benzene rings is 1. The van der Waals surface area contributed by atoms with Crippen LogP contribution >= 0.6 is 0 Å². The summed E-state index contributed by atoms with van der Waals surface area (Å²) in [6, 6.07) is 6.68. The van der Waals surface area contributed by atoms with E-state index in [4.69, 9.17) is 9.84 Å². The maximum Gasteiger partial charge on any atom is 0.325 e. The fourth-order valence-corrected chi connectivity index (χ4v) is 2.06. The van der Waals surface area contributed by atoms with Gasteiger partial charge in [-0.3, -0.25) is 14.4 Å². The van der Waals surface area contributed by atoms with Gasteiger partial charge in [0, 0.05) is 18.4 Å². The molecule has 1 amide bonds. The first kappa shape index (κ1) is 18.1. The number of carbonyl (C=O) groups excluding carboxylic acids is 2. The van der Waals surface area contributed by atoms with E-state index in [0.717, 1.165) is 4.68 Å². The third-order valence-electron chi connectivity index (χ3n) is 3.34. The summed E-state index contributed by atoms with van der Waals surface area (Å²) >= 11 is 0. The molecule has 132 valence electrons. The molecule has 1 aromatic heterocycles. The van der Waals surface area contributed by atoms with E-state index in [1.165, 1.54) is 6.20 Å². The molecule has 2 rings (SSSR count). The van der Waals surface area contributed by atoms with Crippen molar-refractivity contribution in [3.05, 3.63) is 41.7 Å². The minimum atomic E-state index is -1.03. The molecule has 0 aliphatic carbocycles. The molecule has 0 spiro atoms. The van der Waals surface area contributed by atoms with Gasteiger partial charge in [-0.15, -0.1) is 5.10 Å². The van der Waals surface area contributed by atoms with Crippen molar-refractivity contribution in [2.24, 2.45) is 0 Å². The summed E-state index contributed by atoms with van der Waals surface area (Å²) in [4.78, 5) is 34.4. The number of ketones is 1. The number of amides is 1. The molecule has 0 saturated carbocycles. The summed E-state index contributed by atoms with van der Waals surface area (Å²) in [5.41, 5.74) is 0.960. The number of hydrogen-bond donors (Lipinski definition) is 2. The number of hydrogen-bond acceptors (Lipinski definition) is 6. The highest BCUT2D eigenvalue weighted by Gasteiger charge is 2.10. The quantitative estimate of drug-likeness (QED) is 0.639. The number of aliphatic carboxylic acids is 1. The van der Waals surface area contributed by atoms with Gasteiger partial charge < -0.3 is 15.2 Å². The lowest BCUT2D eigenvalue weighted by Gasteiger charge is -2.04. The van der Waals surface area contributed by atoms with E-state index in [-0.39, 0.29) is 37.6 Å². The van der Waals surface area contributed by atoms with Crippen molar-refractivity contribution in [2.75, 3.05) is 7.11 Å². The smallest absolute Gasteiger partial charge is 0.325 e. The Kier molecular flexibility index (Phi) is 6.21. The number of ether oxygens (including phenoxy) is 1. The highest BCUT2D eigenvalue weighted by Crippen LogP contribution is 2.13. The Morgan fingerprint density at radius 3 is 2.56 bits per heavy atom. The average molecular weight is 346 g/mol.